The summed E-state index contributed by atoms with van der Waals surface area (Å²) in [6.45, 7) is 0.375. The molecule has 0 saturated carbocycles. The maximum absolute atomic E-state index is 12.6. The zero-order valence-corrected chi connectivity index (χ0v) is 13.7. The second kappa shape index (κ2) is 6.70. The minimum Gasteiger partial charge on any atom is -0.362 e. The molecule has 2 amide bonds. The number of amides is 2. The lowest BCUT2D eigenvalue weighted by molar-refractivity contribution is -0.126. The van der Waals surface area contributed by atoms with Crippen molar-refractivity contribution in [3.05, 3.63) is 53.7 Å². The van der Waals surface area contributed by atoms with Crippen molar-refractivity contribution in [1.82, 2.24) is 10.3 Å². The quantitative estimate of drug-likeness (QED) is 0.901. The largest absolute Gasteiger partial charge is 0.362 e. The number of anilines is 2. The van der Waals surface area contributed by atoms with Gasteiger partial charge in [-0.1, -0.05) is 24.3 Å². The Hall–Kier alpha value is -2.89. The highest BCUT2D eigenvalue weighted by Crippen LogP contribution is 2.32. The van der Waals surface area contributed by atoms with Crippen molar-refractivity contribution in [3.8, 4) is 0 Å². The number of hydrogen-bond acceptors (Lipinski definition) is 4. The van der Waals surface area contributed by atoms with Crippen LogP contribution in [-0.4, -0.2) is 30.9 Å². The van der Waals surface area contributed by atoms with E-state index in [1.165, 1.54) is 0 Å². The number of carbonyl (C=O) groups is 2. The number of fused-ring (bicyclic) bond motifs is 1. The predicted molar refractivity (Wildman–Crippen MR) is 92.8 cm³/mol. The average Bonchev–Trinajstić information content (AvgIpc) is 2.59. The summed E-state index contributed by atoms with van der Waals surface area (Å²) in [5.74, 6) is 0.0732. The average molecular weight is 324 g/mol. The van der Waals surface area contributed by atoms with Crippen LogP contribution in [0.2, 0.25) is 0 Å². The fourth-order valence-corrected chi connectivity index (χ4v) is 2.92. The number of nitrogens with zero attached hydrogens (tertiary/aromatic N) is 2. The normalized spacial score (nSPS) is 16.1. The van der Waals surface area contributed by atoms with E-state index in [0.717, 1.165) is 16.9 Å². The van der Waals surface area contributed by atoms with Crippen LogP contribution in [0.3, 0.4) is 0 Å². The lowest BCUT2D eigenvalue weighted by atomic mass is 9.90. The van der Waals surface area contributed by atoms with E-state index in [4.69, 9.17) is 0 Å². The Kier molecular flexibility index (Phi) is 4.46. The van der Waals surface area contributed by atoms with Gasteiger partial charge in [-0.2, -0.15) is 0 Å². The summed E-state index contributed by atoms with van der Waals surface area (Å²) in [7, 11) is 3.82. The van der Waals surface area contributed by atoms with Crippen LogP contribution < -0.4 is 15.5 Å². The highest BCUT2D eigenvalue weighted by atomic mass is 16.2. The molecule has 0 aliphatic carbocycles. The number of rotatable bonds is 4. The van der Waals surface area contributed by atoms with Gasteiger partial charge in [0.1, 0.15) is 5.82 Å². The number of carbonyl (C=O) groups excluding carboxylic acids is 2. The molecule has 2 aromatic rings. The zero-order chi connectivity index (χ0) is 17.1. The first-order chi connectivity index (χ1) is 11.6. The van der Waals surface area contributed by atoms with Crippen LogP contribution in [0, 0.1) is 0 Å². The topological polar surface area (TPSA) is 74.3 Å². The Bertz CT molecular complexity index is 773. The maximum Gasteiger partial charge on any atom is 0.228 e. The molecule has 1 aromatic heterocycles. The summed E-state index contributed by atoms with van der Waals surface area (Å²) < 4.78 is 0. The number of pyridine rings is 1. The molecular weight excluding hydrogens is 304 g/mol. The van der Waals surface area contributed by atoms with Gasteiger partial charge in [0.2, 0.25) is 11.8 Å². The van der Waals surface area contributed by atoms with Crippen molar-refractivity contribution in [1.29, 1.82) is 0 Å². The third-order valence-corrected chi connectivity index (χ3v) is 4.06. The van der Waals surface area contributed by atoms with Crippen molar-refractivity contribution < 1.29 is 9.59 Å². The van der Waals surface area contributed by atoms with E-state index in [9.17, 15) is 9.59 Å². The van der Waals surface area contributed by atoms with Crippen LogP contribution in [0.25, 0.3) is 0 Å². The Labute approximate surface area is 140 Å². The van der Waals surface area contributed by atoms with Crippen molar-refractivity contribution in [2.45, 2.75) is 18.9 Å². The van der Waals surface area contributed by atoms with E-state index in [2.05, 4.69) is 15.6 Å². The molecule has 24 heavy (non-hydrogen) atoms. The van der Waals surface area contributed by atoms with E-state index < -0.39 is 5.92 Å². The van der Waals surface area contributed by atoms with Crippen LogP contribution in [0.15, 0.2) is 42.6 Å². The third kappa shape index (κ3) is 3.22. The van der Waals surface area contributed by atoms with Crippen LogP contribution in [0.4, 0.5) is 11.5 Å². The van der Waals surface area contributed by atoms with Gasteiger partial charge in [0, 0.05) is 44.5 Å². The molecule has 2 heterocycles. The third-order valence-electron chi connectivity index (χ3n) is 4.06. The summed E-state index contributed by atoms with van der Waals surface area (Å²) in [5, 5.41) is 5.75. The fraction of sp³-hybridized carbons (Fsp3) is 0.278. The van der Waals surface area contributed by atoms with E-state index in [0.29, 0.717) is 12.2 Å². The number of para-hydroxylation sites is 1. The first-order valence-corrected chi connectivity index (χ1v) is 7.84. The van der Waals surface area contributed by atoms with Gasteiger partial charge in [-0.25, -0.2) is 4.98 Å². The van der Waals surface area contributed by atoms with E-state index in [1.54, 1.807) is 6.20 Å². The Morgan fingerprint density at radius 1 is 1.29 bits per heavy atom. The van der Waals surface area contributed by atoms with Gasteiger partial charge in [0.15, 0.2) is 0 Å². The van der Waals surface area contributed by atoms with Crippen molar-refractivity contribution in [2.75, 3.05) is 24.3 Å². The SMILES string of the molecule is CN(C)c1ncccc1CNC(=O)[C@@H]1CC(=O)Nc2ccccc21. The van der Waals surface area contributed by atoms with Crippen molar-refractivity contribution in [2.24, 2.45) is 0 Å². The van der Waals surface area contributed by atoms with Crippen molar-refractivity contribution >= 4 is 23.3 Å². The monoisotopic (exact) mass is 324 g/mol. The van der Waals surface area contributed by atoms with E-state index in [-0.39, 0.29) is 18.2 Å². The lowest BCUT2D eigenvalue weighted by Gasteiger charge is -2.25. The first-order valence-electron chi connectivity index (χ1n) is 7.84. The molecule has 3 rings (SSSR count). The number of nitrogens with one attached hydrogen (secondary N) is 2. The molecule has 124 valence electrons. The second-order valence-corrected chi connectivity index (χ2v) is 5.99. The summed E-state index contributed by atoms with van der Waals surface area (Å²) >= 11 is 0. The van der Waals surface area contributed by atoms with E-state index in [1.807, 2.05) is 55.4 Å². The highest BCUT2D eigenvalue weighted by Gasteiger charge is 2.30. The summed E-state index contributed by atoms with van der Waals surface area (Å²) in [4.78, 5) is 30.7. The van der Waals surface area contributed by atoms with Gasteiger partial charge in [0.25, 0.3) is 0 Å². The molecule has 0 fully saturated rings. The zero-order valence-electron chi connectivity index (χ0n) is 13.7. The molecule has 1 atom stereocenters. The molecule has 6 heteroatoms. The predicted octanol–water partition coefficient (Wildman–Crippen LogP) is 1.89. The van der Waals surface area contributed by atoms with Crippen molar-refractivity contribution in [3.63, 3.8) is 0 Å². The summed E-state index contributed by atoms with van der Waals surface area (Å²) in [6, 6.07) is 11.2. The van der Waals surface area contributed by atoms with Gasteiger partial charge in [-0.15, -0.1) is 0 Å². The minimum absolute atomic E-state index is 0.135. The van der Waals surface area contributed by atoms with Gasteiger partial charge < -0.3 is 15.5 Å². The Morgan fingerprint density at radius 3 is 2.88 bits per heavy atom. The summed E-state index contributed by atoms with van der Waals surface area (Å²) in [5.41, 5.74) is 2.50. The molecular formula is C18H20N4O2. The summed E-state index contributed by atoms with van der Waals surface area (Å²) in [6.07, 6.45) is 1.89. The second-order valence-electron chi connectivity index (χ2n) is 5.99. The van der Waals surface area contributed by atoms with Crippen LogP contribution in [0.5, 0.6) is 0 Å². The number of aromatic nitrogens is 1. The molecule has 1 aliphatic heterocycles. The molecule has 0 unspecified atom stereocenters. The van der Waals surface area contributed by atoms with Crippen LogP contribution in [-0.2, 0) is 16.1 Å². The van der Waals surface area contributed by atoms with Crippen LogP contribution in [0.1, 0.15) is 23.5 Å². The molecule has 6 nitrogen and oxygen atoms in total. The van der Waals surface area contributed by atoms with Gasteiger partial charge in [-0.3, -0.25) is 9.59 Å². The van der Waals surface area contributed by atoms with Gasteiger partial charge in [0.05, 0.1) is 5.92 Å². The lowest BCUT2D eigenvalue weighted by Crippen LogP contribution is -2.35. The molecule has 2 N–H and O–H groups in total. The molecule has 0 bridgehead atoms. The number of benzene rings is 1. The van der Waals surface area contributed by atoms with Gasteiger partial charge >= 0.3 is 0 Å². The number of hydrogen-bond donors (Lipinski definition) is 2. The van der Waals surface area contributed by atoms with Gasteiger partial charge in [-0.05, 0) is 17.7 Å². The standard InChI is InChI=1S/C18H20N4O2/c1-22(2)17-12(6-5-9-19-17)11-20-18(24)14-10-16(23)21-15-8-4-3-7-13(14)15/h3-9,14H,10-11H2,1-2H3,(H,20,24)(H,21,23)/t14-/m1/s1. The Morgan fingerprint density at radius 2 is 2.08 bits per heavy atom. The maximum atomic E-state index is 12.6. The highest BCUT2D eigenvalue weighted by molar-refractivity contribution is 6.01. The molecule has 0 radical (unpaired) electrons. The Balaban J connectivity index is 1.76. The smallest absolute Gasteiger partial charge is 0.228 e. The molecule has 1 aromatic carbocycles. The fourth-order valence-electron chi connectivity index (χ4n) is 2.92. The first kappa shape index (κ1) is 16.0. The molecule has 1 aliphatic rings. The van der Waals surface area contributed by atoms with E-state index >= 15 is 0 Å². The molecule has 0 saturated heterocycles. The molecule has 0 spiro atoms. The minimum atomic E-state index is -0.463. The van der Waals surface area contributed by atoms with Crippen LogP contribution >= 0.6 is 0 Å².